The van der Waals surface area contributed by atoms with Gasteiger partial charge in [-0.15, -0.1) is 11.6 Å². The molecule has 0 fully saturated rings. The highest BCUT2D eigenvalue weighted by molar-refractivity contribution is 6.29. The number of rotatable bonds is 5. The van der Waals surface area contributed by atoms with E-state index in [2.05, 4.69) is 0 Å². The Kier molecular flexibility index (Phi) is 4.45. The summed E-state index contributed by atoms with van der Waals surface area (Å²) in [5.74, 6) is -0.00329. The first-order valence-electron chi connectivity index (χ1n) is 4.72. The smallest absolute Gasteiger partial charge is 0.326 e. The number of methoxy groups -OCH3 is 3. The highest BCUT2D eigenvalue weighted by atomic mass is 35.5. The fourth-order valence-corrected chi connectivity index (χ4v) is 1.52. The first-order valence-corrected chi connectivity index (χ1v) is 5.15. The van der Waals surface area contributed by atoms with Gasteiger partial charge in [0.15, 0.2) is 16.9 Å². The topological polar surface area (TPSA) is 65.0 Å². The van der Waals surface area contributed by atoms with E-state index in [9.17, 15) is 4.79 Å². The lowest BCUT2D eigenvalue weighted by molar-refractivity contribution is -0.136. The maximum Gasteiger partial charge on any atom is 0.326 e. The number of alkyl halides is 1. The Labute approximate surface area is 104 Å². The van der Waals surface area contributed by atoms with Crippen molar-refractivity contribution in [1.82, 2.24) is 0 Å². The van der Waals surface area contributed by atoms with Crippen LogP contribution in [0.15, 0.2) is 12.1 Å². The summed E-state index contributed by atoms with van der Waals surface area (Å²) in [6, 6.07) is 3.01. The lowest BCUT2D eigenvalue weighted by Gasteiger charge is -2.14. The van der Waals surface area contributed by atoms with Crippen LogP contribution in [-0.4, -0.2) is 32.4 Å². The Bertz CT molecular complexity index is 393. The third kappa shape index (κ3) is 2.74. The Hall–Kier alpha value is -1.62. The molecule has 0 aliphatic carbocycles. The maximum atomic E-state index is 10.8. The highest BCUT2D eigenvalue weighted by Crippen LogP contribution is 2.40. The van der Waals surface area contributed by atoms with E-state index in [1.165, 1.54) is 33.5 Å². The van der Waals surface area contributed by atoms with Crippen LogP contribution in [-0.2, 0) is 4.79 Å². The van der Waals surface area contributed by atoms with Crippen LogP contribution in [0.3, 0.4) is 0 Å². The molecule has 0 saturated carbocycles. The summed E-state index contributed by atoms with van der Waals surface area (Å²) in [7, 11) is 4.37. The summed E-state index contributed by atoms with van der Waals surface area (Å²) in [4.78, 5) is 10.8. The van der Waals surface area contributed by atoms with Crippen molar-refractivity contribution in [3.63, 3.8) is 0 Å². The SMILES string of the molecule is COc1cc(C(Cl)C(=O)O)cc(OC)c1OC. The second-order valence-electron chi connectivity index (χ2n) is 3.16. The van der Waals surface area contributed by atoms with Gasteiger partial charge in [0.1, 0.15) is 0 Å². The van der Waals surface area contributed by atoms with Crippen molar-refractivity contribution in [2.24, 2.45) is 0 Å². The van der Waals surface area contributed by atoms with Crippen LogP contribution in [0.1, 0.15) is 10.9 Å². The molecule has 0 aliphatic rings. The summed E-state index contributed by atoms with van der Waals surface area (Å²) in [5, 5.41) is 7.68. The van der Waals surface area contributed by atoms with Crippen LogP contribution >= 0.6 is 11.6 Å². The van der Waals surface area contributed by atoms with Crippen molar-refractivity contribution >= 4 is 17.6 Å². The molecule has 1 N–H and O–H groups in total. The van der Waals surface area contributed by atoms with Gasteiger partial charge >= 0.3 is 5.97 Å². The minimum Gasteiger partial charge on any atom is -0.493 e. The quantitative estimate of drug-likeness (QED) is 0.821. The number of carboxylic acid groups (broad SMARTS) is 1. The number of halogens is 1. The van der Waals surface area contributed by atoms with E-state index >= 15 is 0 Å². The zero-order valence-corrected chi connectivity index (χ0v) is 10.4. The summed E-state index contributed by atoms with van der Waals surface area (Å²) < 4.78 is 15.3. The molecule has 17 heavy (non-hydrogen) atoms. The lowest BCUT2D eigenvalue weighted by atomic mass is 10.1. The summed E-state index contributed by atoms with van der Waals surface area (Å²) in [6.07, 6.45) is 0. The molecule has 0 saturated heterocycles. The van der Waals surface area contributed by atoms with E-state index in [1.54, 1.807) is 0 Å². The average molecular weight is 261 g/mol. The number of carbonyl (C=O) groups is 1. The molecule has 0 aromatic heterocycles. The fourth-order valence-electron chi connectivity index (χ4n) is 1.39. The molecule has 0 spiro atoms. The van der Waals surface area contributed by atoms with Crippen LogP contribution in [0, 0.1) is 0 Å². The number of aliphatic carboxylic acids is 1. The van der Waals surface area contributed by atoms with Gasteiger partial charge in [0.05, 0.1) is 21.3 Å². The van der Waals surface area contributed by atoms with Crippen LogP contribution in [0.25, 0.3) is 0 Å². The molecular weight excluding hydrogens is 248 g/mol. The Morgan fingerprint density at radius 1 is 1.18 bits per heavy atom. The maximum absolute atomic E-state index is 10.8. The zero-order valence-electron chi connectivity index (χ0n) is 9.69. The Morgan fingerprint density at radius 3 is 1.94 bits per heavy atom. The summed E-state index contributed by atoms with van der Waals surface area (Å²) in [5.41, 5.74) is 0.369. The third-order valence-electron chi connectivity index (χ3n) is 2.20. The van der Waals surface area contributed by atoms with Gasteiger partial charge in [-0.05, 0) is 17.7 Å². The van der Waals surface area contributed by atoms with E-state index < -0.39 is 11.3 Å². The molecule has 1 unspecified atom stereocenters. The van der Waals surface area contributed by atoms with Gasteiger partial charge in [-0.1, -0.05) is 0 Å². The van der Waals surface area contributed by atoms with Crippen molar-refractivity contribution in [2.75, 3.05) is 21.3 Å². The van der Waals surface area contributed by atoms with Crippen LogP contribution in [0.5, 0.6) is 17.2 Å². The minimum atomic E-state index is -1.16. The van der Waals surface area contributed by atoms with E-state index in [4.69, 9.17) is 30.9 Å². The van der Waals surface area contributed by atoms with Crippen LogP contribution in [0.4, 0.5) is 0 Å². The van der Waals surface area contributed by atoms with Gasteiger partial charge in [0, 0.05) is 0 Å². The number of carboxylic acids is 1. The minimum absolute atomic E-state index is 0.369. The third-order valence-corrected chi connectivity index (χ3v) is 2.64. The van der Waals surface area contributed by atoms with Gasteiger partial charge in [0.25, 0.3) is 0 Å². The molecule has 1 atom stereocenters. The molecule has 1 rings (SSSR count). The van der Waals surface area contributed by atoms with Crippen LogP contribution < -0.4 is 14.2 Å². The van der Waals surface area contributed by atoms with Gasteiger partial charge in [-0.3, -0.25) is 4.79 Å². The Morgan fingerprint density at radius 2 is 1.65 bits per heavy atom. The number of benzene rings is 1. The van der Waals surface area contributed by atoms with Crippen molar-refractivity contribution < 1.29 is 24.1 Å². The molecule has 94 valence electrons. The first kappa shape index (κ1) is 13.4. The van der Waals surface area contributed by atoms with Crippen molar-refractivity contribution in [2.45, 2.75) is 5.38 Å². The first-order chi connectivity index (χ1) is 8.04. The fraction of sp³-hybridized carbons (Fsp3) is 0.364. The van der Waals surface area contributed by atoms with Crippen molar-refractivity contribution in [3.8, 4) is 17.2 Å². The summed E-state index contributed by atoms with van der Waals surface area (Å²) >= 11 is 5.74. The molecule has 0 bridgehead atoms. The number of hydrogen-bond acceptors (Lipinski definition) is 4. The zero-order chi connectivity index (χ0) is 13.0. The molecule has 0 radical (unpaired) electrons. The van der Waals surface area contributed by atoms with Crippen LogP contribution in [0.2, 0.25) is 0 Å². The Balaban J connectivity index is 3.31. The number of ether oxygens (including phenoxy) is 3. The molecule has 0 heterocycles. The molecule has 6 heteroatoms. The second kappa shape index (κ2) is 5.63. The predicted octanol–water partition coefficient (Wildman–Crippen LogP) is 2.08. The van der Waals surface area contributed by atoms with E-state index in [0.717, 1.165) is 0 Å². The van der Waals surface area contributed by atoms with Gasteiger partial charge < -0.3 is 19.3 Å². The van der Waals surface area contributed by atoms with Crippen molar-refractivity contribution in [3.05, 3.63) is 17.7 Å². The molecular formula is C11H13ClO5. The molecule has 1 aromatic carbocycles. The highest BCUT2D eigenvalue weighted by Gasteiger charge is 2.21. The van der Waals surface area contributed by atoms with Gasteiger partial charge in [-0.25, -0.2) is 0 Å². The average Bonchev–Trinajstić information content (AvgIpc) is 2.35. The second-order valence-corrected chi connectivity index (χ2v) is 3.60. The molecule has 1 aromatic rings. The molecule has 0 aliphatic heterocycles. The standard InChI is InChI=1S/C11H13ClO5/c1-15-7-4-6(9(12)11(13)14)5-8(16-2)10(7)17-3/h4-5,9H,1-3H3,(H,13,14). The van der Waals surface area contributed by atoms with E-state index in [1.807, 2.05) is 0 Å². The molecule has 0 amide bonds. The van der Waals surface area contributed by atoms with E-state index in [-0.39, 0.29) is 0 Å². The van der Waals surface area contributed by atoms with E-state index in [0.29, 0.717) is 22.8 Å². The normalized spacial score (nSPS) is 11.8. The molecule has 5 nitrogen and oxygen atoms in total. The van der Waals surface area contributed by atoms with Gasteiger partial charge in [-0.2, -0.15) is 0 Å². The van der Waals surface area contributed by atoms with Gasteiger partial charge in [0.2, 0.25) is 5.75 Å². The van der Waals surface area contributed by atoms with Crippen molar-refractivity contribution in [1.29, 1.82) is 0 Å². The predicted molar refractivity (Wildman–Crippen MR) is 62.3 cm³/mol. The lowest BCUT2D eigenvalue weighted by Crippen LogP contribution is -2.06. The monoisotopic (exact) mass is 260 g/mol. The largest absolute Gasteiger partial charge is 0.493 e. The summed E-state index contributed by atoms with van der Waals surface area (Å²) in [6.45, 7) is 0. The number of hydrogen-bond donors (Lipinski definition) is 1.